The van der Waals surface area contributed by atoms with E-state index in [1.807, 2.05) is 12.1 Å². The van der Waals surface area contributed by atoms with Gasteiger partial charge in [0, 0.05) is 0 Å². The second-order valence-corrected chi connectivity index (χ2v) is 5.84. The van der Waals surface area contributed by atoms with Gasteiger partial charge in [-0.15, -0.1) is 5.92 Å². The van der Waals surface area contributed by atoms with Crippen molar-refractivity contribution in [2.24, 2.45) is 5.73 Å². The third kappa shape index (κ3) is 3.78. The first kappa shape index (κ1) is 16.5. The highest BCUT2D eigenvalue weighted by Crippen LogP contribution is 2.31. The molecule has 128 valence electrons. The van der Waals surface area contributed by atoms with E-state index in [9.17, 15) is 9.59 Å². The maximum atomic E-state index is 11.3. The first-order valence-corrected chi connectivity index (χ1v) is 7.95. The number of hydrogen-bond donors (Lipinski definition) is 3. The van der Waals surface area contributed by atoms with E-state index >= 15 is 0 Å². The van der Waals surface area contributed by atoms with Crippen molar-refractivity contribution in [1.29, 1.82) is 0 Å². The number of amides is 2. The Morgan fingerprint density at radius 1 is 1.44 bits per heavy atom. The zero-order chi connectivity index (χ0) is 17.8. The van der Waals surface area contributed by atoms with Gasteiger partial charge in [-0.3, -0.25) is 0 Å². The Kier molecular flexibility index (Phi) is 4.67. The van der Waals surface area contributed by atoms with Crippen molar-refractivity contribution in [2.75, 3.05) is 11.9 Å². The number of primary amides is 1. The Morgan fingerprint density at radius 2 is 2.28 bits per heavy atom. The van der Waals surface area contributed by atoms with Crippen molar-refractivity contribution in [3.8, 4) is 11.8 Å². The highest BCUT2D eigenvalue weighted by molar-refractivity contribution is 7.22. The van der Waals surface area contributed by atoms with E-state index in [0.29, 0.717) is 16.2 Å². The highest BCUT2D eigenvalue weighted by Gasteiger charge is 2.14. The third-order valence-electron chi connectivity index (χ3n) is 3.12. The predicted octanol–water partition coefficient (Wildman–Crippen LogP) is 2.05. The Morgan fingerprint density at radius 3 is 3.04 bits per heavy atom. The number of carbonyl (C=O) groups excluding carboxylic acids is 2. The van der Waals surface area contributed by atoms with Crippen LogP contribution in [0.5, 0.6) is 0 Å². The number of aromatic nitrogens is 2. The van der Waals surface area contributed by atoms with E-state index < -0.39 is 18.2 Å². The molecule has 10 heteroatoms. The fraction of sp³-hybridized carbons (Fsp3) is 0.200. The van der Waals surface area contributed by atoms with Gasteiger partial charge in [0.2, 0.25) is 0 Å². The van der Waals surface area contributed by atoms with E-state index in [1.54, 1.807) is 6.92 Å². The van der Waals surface area contributed by atoms with Crippen molar-refractivity contribution in [3.63, 3.8) is 0 Å². The van der Waals surface area contributed by atoms with Crippen LogP contribution >= 0.6 is 11.3 Å². The monoisotopic (exact) mass is 359 g/mol. The number of alkyl carbamates (subject to hydrolysis) is 1. The van der Waals surface area contributed by atoms with Crippen LogP contribution in [-0.2, 0) is 4.74 Å². The zero-order valence-electron chi connectivity index (χ0n) is 13.0. The lowest BCUT2D eigenvalue weighted by molar-refractivity contribution is 0.157. The molecule has 0 aliphatic heterocycles. The number of nitrogens with two attached hydrogens (primary N) is 1. The van der Waals surface area contributed by atoms with Crippen LogP contribution in [0.15, 0.2) is 22.9 Å². The molecule has 3 aromatic rings. The second kappa shape index (κ2) is 7.06. The predicted molar refractivity (Wildman–Crippen MR) is 92.1 cm³/mol. The Labute approximate surface area is 145 Å². The number of thiazole rings is 1. The van der Waals surface area contributed by atoms with Crippen LogP contribution in [0.4, 0.5) is 14.7 Å². The largest absolute Gasteiger partial charge is 0.443 e. The third-order valence-corrected chi connectivity index (χ3v) is 4.07. The molecule has 0 radical (unpaired) electrons. The summed E-state index contributed by atoms with van der Waals surface area (Å²) in [5.74, 6) is 5.67. The molecule has 0 fully saturated rings. The van der Waals surface area contributed by atoms with Gasteiger partial charge < -0.3 is 25.5 Å². The van der Waals surface area contributed by atoms with E-state index in [-0.39, 0.29) is 6.54 Å². The minimum absolute atomic E-state index is 0.0995. The van der Waals surface area contributed by atoms with Crippen LogP contribution in [0.1, 0.15) is 6.92 Å². The van der Waals surface area contributed by atoms with Crippen LogP contribution in [-0.4, -0.2) is 34.7 Å². The van der Waals surface area contributed by atoms with Gasteiger partial charge >= 0.3 is 12.2 Å². The molecule has 2 heterocycles. The van der Waals surface area contributed by atoms with Gasteiger partial charge in [-0.05, 0) is 19.1 Å². The molecule has 1 atom stereocenters. The molecular formula is C15H13N5O4S. The molecule has 3 rings (SSSR count). The van der Waals surface area contributed by atoms with Crippen LogP contribution in [0, 0.1) is 11.8 Å². The minimum Gasteiger partial charge on any atom is -0.443 e. The van der Waals surface area contributed by atoms with Crippen molar-refractivity contribution >= 4 is 50.0 Å². The molecule has 9 nitrogen and oxygen atoms in total. The molecule has 0 saturated heterocycles. The van der Waals surface area contributed by atoms with Gasteiger partial charge in [-0.2, -0.15) is 0 Å². The minimum atomic E-state index is -1.17. The summed E-state index contributed by atoms with van der Waals surface area (Å²) in [6, 6.07) is 3.30. The molecule has 0 spiro atoms. The van der Waals surface area contributed by atoms with E-state index in [0.717, 1.165) is 10.2 Å². The molecule has 1 aromatic carbocycles. The standard InChI is InChI=1S/C15H13N5O4S/c1-2-3-8(6-17-15(22)24-13(16)21)19-14-20-12-10(25-14)5-4-9-11(12)18-7-23-9/h4-5,7-8H,6H2,1H3,(H2,16,21)(H,17,22)(H,19,20). The molecular weight excluding hydrogens is 346 g/mol. The number of carbonyl (C=O) groups is 2. The van der Waals surface area contributed by atoms with E-state index in [2.05, 4.69) is 37.2 Å². The first-order chi connectivity index (χ1) is 12.1. The number of fused-ring (bicyclic) bond motifs is 3. The van der Waals surface area contributed by atoms with Crippen LogP contribution in [0.3, 0.4) is 0 Å². The lowest BCUT2D eigenvalue weighted by atomic mass is 10.3. The topological polar surface area (TPSA) is 132 Å². The lowest BCUT2D eigenvalue weighted by Crippen LogP contribution is -2.37. The normalized spacial score (nSPS) is 11.6. The van der Waals surface area contributed by atoms with Gasteiger partial charge in [-0.25, -0.2) is 19.6 Å². The fourth-order valence-electron chi connectivity index (χ4n) is 2.15. The Balaban J connectivity index is 1.75. The molecule has 0 bridgehead atoms. The lowest BCUT2D eigenvalue weighted by Gasteiger charge is -2.12. The molecule has 2 amide bonds. The van der Waals surface area contributed by atoms with Gasteiger partial charge in [0.25, 0.3) is 0 Å². The van der Waals surface area contributed by atoms with Gasteiger partial charge in [0.15, 0.2) is 17.1 Å². The number of benzene rings is 1. The summed E-state index contributed by atoms with van der Waals surface area (Å²) in [6.45, 7) is 1.77. The first-order valence-electron chi connectivity index (χ1n) is 7.13. The van der Waals surface area contributed by atoms with Gasteiger partial charge in [0.1, 0.15) is 17.1 Å². The molecule has 4 N–H and O–H groups in total. The van der Waals surface area contributed by atoms with Crippen LogP contribution in [0.2, 0.25) is 0 Å². The SMILES string of the molecule is CC#CC(CNC(=O)OC(N)=O)Nc1nc2c(ccc3ocnc32)s1. The average Bonchev–Trinajstić information content (AvgIpc) is 3.17. The van der Waals surface area contributed by atoms with Gasteiger partial charge in [0.05, 0.1) is 11.2 Å². The number of anilines is 1. The van der Waals surface area contributed by atoms with Crippen molar-refractivity contribution < 1.29 is 18.7 Å². The summed E-state index contributed by atoms with van der Waals surface area (Å²) in [5, 5.41) is 6.14. The number of nitrogens with zero attached hydrogens (tertiary/aromatic N) is 2. The number of rotatable bonds is 4. The Hall–Kier alpha value is -3.32. The smallest absolute Gasteiger partial charge is 0.416 e. The summed E-state index contributed by atoms with van der Waals surface area (Å²) in [4.78, 5) is 30.5. The molecule has 0 aliphatic carbocycles. The van der Waals surface area contributed by atoms with Crippen molar-refractivity contribution in [2.45, 2.75) is 13.0 Å². The maximum absolute atomic E-state index is 11.3. The maximum Gasteiger partial charge on any atom is 0.416 e. The van der Waals surface area contributed by atoms with Crippen LogP contribution < -0.4 is 16.4 Å². The number of ether oxygens (including phenoxy) is 1. The molecule has 1 unspecified atom stereocenters. The zero-order valence-corrected chi connectivity index (χ0v) is 13.8. The number of hydrogen-bond acceptors (Lipinski definition) is 8. The second-order valence-electron chi connectivity index (χ2n) is 4.81. The molecule has 0 aliphatic rings. The van der Waals surface area contributed by atoms with E-state index in [4.69, 9.17) is 10.2 Å². The number of oxazole rings is 1. The van der Waals surface area contributed by atoms with Crippen LogP contribution in [0.25, 0.3) is 21.3 Å². The quantitative estimate of drug-likeness (QED) is 0.479. The average molecular weight is 359 g/mol. The molecule has 25 heavy (non-hydrogen) atoms. The summed E-state index contributed by atoms with van der Waals surface area (Å²) < 4.78 is 10.4. The van der Waals surface area contributed by atoms with Gasteiger partial charge in [-0.1, -0.05) is 17.3 Å². The number of nitrogens with one attached hydrogen (secondary N) is 2. The summed E-state index contributed by atoms with van der Waals surface area (Å²) in [6.07, 6.45) is -0.742. The highest BCUT2D eigenvalue weighted by atomic mass is 32.1. The van der Waals surface area contributed by atoms with Crippen molar-refractivity contribution in [3.05, 3.63) is 18.5 Å². The van der Waals surface area contributed by atoms with Crippen molar-refractivity contribution in [1.82, 2.24) is 15.3 Å². The Bertz CT molecular complexity index is 1000. The molecule has 2 aromatic heterocycles. The molecule has 0 saturated carbocycles. The summed E-state index contributed by atoms with van der Waals surface area (Å²) in [7, 11) is 0. The fourth-order valence-corrected chi connectivity index (χ4v) is 3.07. The van der Waals surface area contributed by atoms with E-state index in [1.165, 1.54) is 17.7 Å². The summed E-state index contributed by atoms with van der Waals surface area (Å²) >= 11 is 1.42. The summed E-state index contributed by atoms with van der Waals surface area (Å²) in [5.41, 5.74) is 6.84.